The van der Waals surface area contributed by atoms with E-state index in [9.17, 15) is 19.8 Å². The Balaban J connectivity index is 1.86. The summed E-state index contributed by atoms with van der Waals surface area (Å²) >= 11 is 0. The molecule has 3 rings (SSSR count). The van der Waals surface area contributed by atoms with E-state index in [1.165, 1.54) is 0 Å². The summed E-state index contributed by atoms with van der Waals surface area (Å²) in [4.78, 5) is 30.3. The maximum Gasteiger partial charge on any atom is 0.314 e. The fraction of sp³-hybridized carbons (Fsp3) is 0.689. The average molecular weight is 722 g/mol. The van der Waals surface area contributed by atoms with Crippen molar-refractivity contribution >= 4 is 11.9 Å². The van der Waals surface area contributed by atoms with Crippen LogP contribution in [0, 0.1) is 5.41 Å². The number of esters is 2. The number of likely N-dealkylation sites (tertiary alicyclic amines) is 1. The highest BCUT2D eigenvalue weighted by atomic mass is 16.6. The van der Waals surface area contributed by atoms with E-state index in [0.717, 1.165) is 27.8 Å². The smallest absolute Gasteiger partial charge is 0.314 e. The van der Waals surface area contributed by atoms with Gasteiger partial charge in [0.1, 0.15) is 17.6 Å². The van der Waals surface area contributed by atoms with Crippen LogP contribution in [0.3, 0.4) is 0 Å². The lowest BCUT2D eigenvalue weighted by Crippen LogP contribution is -2.65. The van der Waals surface area contributed by atoms with E-state index in [1.54, 1.807) is 6.07 Å². The van der Waals surface area contributed by atoms with Gasteiger partial charge in [-0.3, -0.25) is 14.5 Å². The Morgan fingerprint density at radius 1 is 0.731 bits per heavy atom. The Labute approximate surface area is 315 Å². The molecule has 7 heteroatoms. The van der Waals surface area contributed by atoms with Crippen molar-refractivity contribution in [2.75, 3.05) is 0 Å². The molecular formula is C45H71NO6. The van der Waals surface area contributed by atoms with Crippen LogP contribution < -0.4 is 0 Å². The van der Waals surface area contributed by atoms with Gasteiger partial charge in [-0.05, 0) is 104 Å². The van der Waals surface area contributed by atoms with Crippen LogP contribution in [0.1, 0.15) is 184 Å². The van der Waals surface area contributed by atoms with Crippen LogP contribution in [0.15, 0.2) is 30.3 Å². The van der Waals surface area contributed by atoms with E-state index in [-0.39, 0.29) is 51.2 Å². The van der Waals surface area contributed by atoms with Gasteiger partial charge < -0.3 is 19.7 Å². The van der Waals surface area contributed by atoms with Crippen molar-refractivity contribution in [3.8, 4) is 11.5 Å². The predicted molar refractivity (Wildman–Crippen MR) is 212 cm³/mol. The third-order valence-corrected chi connectivity index (χ3v) is 10.6. The lowest BCUT2D eigenvalue weighted by atomic mass is 9.77. The second-order valence-electron chi connectivity index (χ2n) is 21.0. The van der Waals surface area contributed by atoms with Gasteiger partial charge in [0.05, 0.1) is 11.8 Å². The molecule has 1 aliphatic heterocycles. The molecule has 0 aromatic heterocycles. The maximum atomic E-state index is 14.2. The van der Waals surface area contributed by atoms with E-state index in [2.05, 4.69) is 116 Å². The van der Waals surface area contributed by atoms with Gasteiger partial charge in [0.25, 0.3) is 0 Å². The zero-order chi connectivity index (χ0) is 40.2. The van der Waals surface area contributed by atoms with Gasteiger partial charge in [-0.25, -0.2) is 0 Å². The van der Waals surface area contributed by atoms with Crippen molar-refractivity contribution in [3.63, 3.8) is 0 Å². The molecule has 1 saturated heterocycles. The lowest BCUT2D eigenvalue weighted by molar-refractivity contribution is -0.196. The summed E-state index contributed by atoms with van der Waals surface area (Å²) in [6, 6.07) is 9.40. The van der Waals surface area contributed by atoms with Crippen molar-refractivity contribution in [3.05, 3.63) is 58.1 Å². The zero-order valence-corrected chi connectivity index (χ0v) is 35.8. The van der Waals surface area contributed by atoms with E-state index in [0.29, 0.717) is 19.3 Å². The molecule has 3 atom stereocenters. The molecule has 0 spiro atoms. The summed E-state index contributed by atoms with van der Waals surface area (Å²) in [7, 11) is 0. The Morgan fingerprint density at radius 3 is 1.60 bits per heavy atom. The van der Waals surface area contributed by atoms with Crippen molar-refractivity contribution in [1.29, 1.82) is 0 Å². The van der Waals surface area contributed by atoms with E-state index in [1.807, 2.05) is 38.1 Å². The fourth-order valence-corrected chi connectivity index (χ4v) is 8.35. The van der Waals surface area contributed by atoms with E-state index in [4.69, 9.17) is 9.47 Å². The first-order valence-corrected chi connectivity index (χ1v) is 19.2. The van der Waals surface area contributed by atoms with Crippen molar-refractivity contribution in [1.82, 2.24) is 4.90 Å². The second kappa shape index (κ2) is 14.6. The first-order valence-electron chi connectivity index (χ1n) is 19.2. The van der Waals surface area contributed by atoms with Crippen LogP contribution in [0.5, 0.6) is 11.5 Å². The Morgan fingerprint density at radius 2 is 1.17 bits per heavy atom. The van der Waals surface area contributed by atoms with Crippen LogP contribution in [0.4, 0.5) is 0 Å². The van der Waals surface area contributed by atoms with Crippen LogP contribution >= 0.6 is 0 Å². The molecule has 0 saturated carbocycles. The molecule has 2 N–H and O–H groups in total. The number of rotatable bonds is 8. The molecule has 0 amide bonds. The average Bonchev–Trinajstić information content (AvgIpc) is 2.92. The van der Waals surface area contributed by atoms with Crippen LogP contribution in [0.2, 0.25) is 0 Å². The number of benzene rings is 2. The van der Waals surface area contributed by atoms with Gasteiger partial charge in [-0.1, -0.05) is 107 Å². The first kappa shape index (κ1) is 43.3. The second-order valence-corrected chi connectivity index (χ2v) is 21.0. The molecule has 1 aliphatic rings. The summed E-state index contributed by atoms with van der Waals surface area (Å²) in [6.07, 6.45) is 0.863. The third-order valence-electron chi connectivity index (χ3n) is 10.6. The quantitative estimate of drug-likeness (QED) is 0.262. The minimum absolute atomic E-state index is 0.145. The zero-order valence-electron chi connectivity index (χ0n) is 35.8. The van der Waals surface area contributed by atoms with Crippen molar-refractivity contribution in [2.45, 2.75) is 195 Å². The number of carbonyl (C=O) groups is 2. The normalized spacial score (nSPS) is 19.1. The number of phenols is 2. The number of hydrogen-bond donors (Lipinski definition) is 2. The van der Waals surface area contributed by atoms with Gasteiger partial charge in [-0.15, -0.1) is 0 Å². The minimum Gasteiger partial charge on any atom is -0.508 e. The Bertz CT molecular complexity index is 1550. The standard InChI is InChI=1S/C45H71NO6/c1-27(30-22-34(42(9,10)11)37(48)35(23-30)43(12,13)14)38(49)52-31-24-44(15,16)46(45(17,18)25-31)28(2)51-39(50)32(26-40(3,4)5)29-19-20-36(47)33(21-29)41(6,7)8/h19-23,27-28,31-32,47-48H,24-26H2,1-18H3. The number of aromatic hydroxyl groups is 2. The molecule has 0 bridgehead atoms. The predicted octanol–water partition coefficient (Wildman–Crippen LogP) is 10.8. The molecule has 1 fully saturated rings. The number of carbonyl (C=O) groups excluding carboxylic acids is 2. The largest absolute Gasteiger partial charge is 0.508 e. The third kappa shape index (κ3) is 10.1. The van der Waals surface area contributed by atoms with Crippen LogP contribution in [0.25, 0.3) is 0 Å². The molecule has 0 aliphatic carbocycles. The SMILES string of the molecule is CC(C(=O)OC1CC(C)(C)N(C(C)OC(=O)C(CC(C)(C)C)c2ccc(O)c(C(C)(C)C)c2)C(C)(C)C1)c1cc(C(C)(C)C)c(O)c(C(C)(C)C)c1. The number of hydrogen-bond acceptors (Lipinski definition) is 7. The highest BCUT2D eigenvalue weighted by Crippen LogP contribution is 2.45. The number of piperidine rings is 1. The van der Waals surface area contributed by atoms with Gasteiger partial charge >= 0.3 is 11.9 Å². The van der Waals surface area contributed by atoms with Gasteiger partial charge in [0.15, 0.2) is 6.23 Å². The van der Waals surface area contributed by atoms with Gasteiger partial charge in [-0.2, -0.15) is 0 Å². The molecule has 52 heavy (non-hydrogen) atoms. The minimum atomic E-state index is -0.543. The Hall–Kier alpha value is -3.06. The number of ether oxygens (including phenoxy) is 2. The summed E-state index contributed by atoms with van der Waals surface area (Å²) < 4.78 is 12.7. The summed E-state index contributed by atoms with van der Waals surface area (Å²) in [6.45, 7) is 37.2. The first-order chi connectivity index (χ1) is 23.3. The van der Waals surface area contributed by atoms with Gasteiger partial charge in [0.2, 0.25) is 0 Å². The summed E-state index contributed by atoms with van der Waals surface area (Å²) in [5.41, 5.74) is 2.12. The number of phenolic OH excluding ortho intramolecular Hbond substituents is 2. The highest BCUT2D eigenvalue weighted by Gasteiger charge is 2.50. The molecule has 7 nitrogen and oxygen atoms in total. The monoisotopic (exact) mass is 722 g/mol. The lowest BCUT2D eigenvalue weighted by Gasteiger charge is -2.56. The molecule has 2 aromatic carbocycles. The van der Waals surface area contributed by atoms with Crippen molar-refractivity contribution < 1.29 is 29.3 Å². The summed E-state index contributed by atoms with van der Waals surface area (Å²) in [5, 5.41) is 21.9. The number of nitrogens with zero attached hydrogens (tertiary/aromatic N) is 1. The molecule has 0 radical (unpaired) electrons. The van der Waals surface area contributed by atoms with Crippen LogP contribution in [-0.2, 0) is 35.3 Å². The van der Waals surface area contributed by atoms with Gasteiger partial charge in [0, 0.05) is 23.9 Å². The molecule has 1 heterocycles. The Kier molecular flexibility index (Phi) is 12.2. The van der Waals surface area contributed by atoms with E-state index >= 15 is 0 Å². The maximum absolute atomic E-state index is 14.2. The molecule has 2 aromatic rings. The fourth-order valence-electron chi connectivity index (χ4n) is 8.35. The molecule has 3 unspecified atom stereocenters. The molecular weight excluding hydrogens is 650 g/mol. The topological polar surface area (TPSA) is 96.3 Å². The van der Waals surface area contributed by atoms with Crippen LogP contribution in [-0.4, -0.2) is 50.5 Å². The molecule has 292 valence electrons. The van der Waals surface area contributed by atoms with Crippen molar-refractivity contribution in [2.24, 2.45) is 5.41 Å². The van der Waals surface area contributed by atoms with E-state index < -0.39 is 29.1 Å². The highest BCUT2D eigenvalue weighted by molar-refractivity contribution is 5.79. The summed E-state index contributed by atoms with van der Waals surface area (Å²) in [5.74, 6) is -1.10.